The summed E-state index contributed by atoms with van der Waals surface area (Å²) >= 11 is 2.00. The van der Waals surface area contributed by atoms with Crippen LogP contribution >= 0.6 is 22.6 Å². The van der Waals surface area contributed by atoms with Gasteiger partial charge in [0.25, 0.3) is 0 Å². The van der Waals surface area contributed by atoms with Crippen molar-refractivity contribution in [3.05, 3.63) is 17.5 Å². The molecule has 1 aromatic rings. The summed E-state index contributed by atoms with van der Waals surface area (Å²) < 4.78 is 8.32. The number of nitrogens with zero attached hydrogens (tertiary/aromatic N) is 3. The van der Waals surface area contributed by atoms with Gasteiger partial charge in [-0.3, -0.25) is 9.48 Å². The maximum absolute atomic E-state index is 12.9. The van der Waals surface area contributed by atoms with E-state index in [1.807, 2.05) is 39.2 Å². The average molecular weight is 497 g/mol. The second-order valence-corrected chi connectivity index (χ2v) is 10.6. The van der Waals surface area contributed by atoms with E-state index in [4.69, 9.17) is 4.74 Å². The third-order valence-electron chi connectivity index (χ3n) is 7.84. The van der Waals surface area contributed by atoms with Crippen LogP contribution in [-0.4, -0.2) is 43.8 Å². The molecule has 1 aromatic heterocycles. The van der Waals surface area contributed by atoms with Gasteiger partial charge in [-0.05, 0) is 69.3 Å². The molecule has 0 spiro atoms. The summed E-state index contributed by atoms with van der Waals surface area (Å²) in [7, 11) is 1.96. The fourth-order valence-electron chi connectivity index (χ4n) is 6.56. The molecule has 5 fully saturated rings. The van der Waals surface area contributed by atoms with Gasteiger partial charge in [-0.2, -0.15) is 5.10 Å². The third kappa shape index (κ3) is 2.99. The van der Waals surface area contributed by atoms with Gasteiger partial charge in [-0.1, -0.05) is 0 Å². The van der Waals surface area contributed by atoms with Crippen molar-refractivity contribution >= 4 is 32.5 Å². The van der Waals surface area contributed by atoms with Crippen LogP contribution in [0.2, 0.25) is 0 Å². The number of rotatable bonds is 3. The maximum Gasteiger partial charge on any atom is 0.410 e. The molecule has 152 valence electrons. The van der Waals surface area contributed by atoms with Gasteiger partial charge in [-0.25, -0.2) is 4.79 Å². The van der Waals surface area contributed by atoms with E-state index in [0.717, 1.165) is 56.5 Å². The minimum Gasteiger partial charge on any atom is -0.446 e. The van der Waals surface area contributed by atoms with E-state index >= 15 is 0 Å². The molecule has 3 unspecified atom stereocenters. The number of amides is 1. The predicted molar refractivity (Wildman–Crippen MR) is 112 cm³/mol. The Bertz CT molecular complexity index is 786. The van der Waals surface area contributed by atoms with Crippen molar-refractivity contribution in [3.8, 4) is 0 Å². The fraction of sp³-hybridized carbons (Fsp3) is 0.762. The molecule has 1 aliphatic heterocycles. The quantitative estimate of drug-likeness (QED) is 0.471. The van der Waals surface area contributed by atoms with Gasteiger partial charge in [0.15, 0.2) is 3.79 Å². The van der Waals surface area contributed by atoms with Crippen molar-refractivity contribution in [3.63, 3.8) is 0 Å². The predicted octanol–water partition coefficient (Wildman–Crippen LogP) is 3.81. The molecule has 28 heavy (non-hydrogen) atoms. The lowest BCUT2D eigenvalue weighted by Crippen LogP contribution is -2.57. The van der Waals surface area contributed by atoms with Crippen LogP contribution < -0.4 is 0 Å². The van der Waals surface area contributed by atoms with E-state index in [2.05, 4.69) is 18.1 Å². The maximum atomic E-state index is 12.9. The highest BCUT2D eigenvalue weighted by molar-refractivity contribution is 14.1. The molecule has 0 radical (unpaired) electrons. The summed E-state index contributed by atoms with van der Waals surface area (Å²) in [6.07, 6.45) is 5.90. The summed E-state index contributed by atoms with van der Waals surface area (Å²) in [4.78, 5) is 27.1. The smallest absolute Gasteiger partial charge is 0.410 e. The van der Waals surface area contributed by atoms with Gasteiger partial charge in [0.2, 0.25) is 0 Å². The number of carbonyl (C=O) groups is 2. The van der Waals surface area contributed by atoms with Crippen molar-refractivity contribution in [1.82, 2.24) is 14.7 Å². The Morgan fingerprint density at radius 1 is 1.25 bits per heavy atom. The lowest BCUT2D eigenvalue weighted by atomic mass is 9.49. The first-order valence-corrected chi connectivity index (χ1v) is 11.6. The molecule has 6 rings (SSSR count). The van der Waals surface area contributed by atoms with Crippen molar-refractivity contribution < 1.29 is 14.3 Å². The SMILES string of the molecule is Cc1cc(C2CCN(C(=O)OC3C4CC5CC3CC(C(=O)I)(C5)C4)C2)nn1C. The monoisotopic (exact) mass is 497 g/mol. The van der Waals surface area contributed by atoms with Crippen molar-refractivity contribution in [2.45, 2.75) is 57.5 Å². The van der Waals surface area contributed by atoms with Crippen LogP contribution in [0.4, 0.5) is 4.79 Å². The molecule has 0 aromatic carbocycles. The number of aromatic nitrogens is 2. The summed E-state index contributed by atoms with van der Waals surface area (Å²) in [6, 6.07) is 2.12. The lowest BCUT2D eigenvalue weighted by Gasteiger charge is -2.58. The van der Waals surface area contributed by atoms with Crippen LogP contribution in [0.1, 0.15) is 55.8 Å². The number of ether oxygens (including phenoxy) is 1. The highest BCUT2D eigenvalue weighted by Gasteiger charge is 2.59. The lowest BCUT2D eigenvalue weighted by molar-refractivity contribution is -0.153. The molecule has 3 atom stereocenters. The highest BCUT2D eigenvalue weighted by Crippen LogP contribution is 2.61. The summed E-state index contributed by atoms with van der Waals surface area (Å²) in [5, 5.41) is 4.59. The Morgan fingerprint density at radius 2 is 1.96 bits per heavy atom. The van der Waals surface area contributed by atoms with Crippen LogP contribution in [0, 0.1) is 30.1 Å². The molecule has 4 saturated carbocycles. The molecule has 5 aliphatic rings. The summed E-state index contributed by atoms with van der Waals surface area (Å²) in [5.41, 5.74) is 2.09. The van der Waals surface area contributed by atoms with Gasteiger partial charge >= 0.3 is 6.09 Å². The van der Waals surface area contributed by atoms with Crippen LogP contribution in [0.5, 0.6) is 0 Å². The molecule has 1 saturated heterocycles. The highest BCUT2D eigenvalue weighted by atomic mass is 127. The topological polar surface area (TPSA) is 64.4 Å². The first-order chi connectivity index (χ1) is 13.3. The Kier molecular flexibility index (Phi) is 4.52. The summed E-state index contributed by atoms with van der Waals surface area (Å²) in [5.74, 6) is 1.68. The molecule has 4 bridgehead atoms. The zero-order valence-corrected chi connectivity index (χ0v) is 18.7. The Labute approximate surface area is 179 Å². The van der Waals surface area contributed by atoms with Gasteiger partial charge in [0.1, 0.15) is 6.10 Å². The van der Waals surface area contributed by atoms with Gasteiger partial charge in [0, 0.05) is 59.8 Å². The van der Waals surface area contributed by atoms with Crippen molar-refractivity contribution in [2.24, 2.45) is 30.2 Å². The number of likely N-dealkylation sites (tertiary alicyclic amines) is 1. The number of carbonyl (C=O) groups excluding carboxylic acids is 2. The number of halogens is 1. The van der Waals surface area contributed by atoms with E-state index in [1.165, 1.54) is 0 Å². The third-order valence-corrected chi connectivity index (χ3v) is 8.98. The largest absolute Gasteiger partial charge is 0.446 e. The Hall–Kier alpha value is -1.12. The van der Waals surface area contributed by atoms with Crippen LogP contribution in [0.25, 0.3) is 0 Å². The van der Waals surface area contributed by atoms with E-state index in [0.29, 0.717) is 34.0 Å². The first-order valence-electron chi connectivity index (χ1n) is 10.5. The second kappa shape index (κ2) is 6.71. The van der Waals surface area contributed by atoms with Crippen LogP contribution in [0.15, 0.2) is 6.07 Å². The first kappa shape index (κ1) is 18.9. The fourth-order valence-corrected chi connectivity index (χ4v) is 7.22. The standard InChI is InChI=1S/C21H28IN3O3/c1-12-5-17(23-24(12)2)14-3-4-25(11-14)20(27)28-18-15-6-13-7-16(18)10-21(8-13,9-15)19(22)26/h5,13-16,18H,3-4,6-11H2,1-2H3. The molecule has 7 heteroatoms. The van der Waals surface area contributed by atoms with Crippen molar-refractivity contribution in [2.75, 3.05) is 13.1 Å². The van der Waals surface area contributed by atoms with Gasteiger partial charge < -0.3 is 9.64 Å². The van der Waals surface area contributed by atoms with E-state index in [1.54, 1.807) is 0 Å². The number of hydrogen-bond donors (Lipinski definition) is 0. The van der Waals surface area contributed by atoms with Crippen LogP contribution in [-0.2, 0) is 16.6 Å². The molecule has 0 N–H and O–H groups in total. The van der Waals surface area contributed by atoms with E-state index in [9.17, 15) is 9.59 Å². The molecule has 4 aliphatic carbocycles. The molecular weight excluding hydrogens is 469 g/mol. The minimum absolute atomic E-state index is 0.00377. The second-order valence-electron chi connectivity index (χ2n) is 9.64. The zero-order valence-electron chi connectivity index (χ0n) is 16.6. The van der Waals surface area contributed by atoms with E-state index < -0.39 is 0 Å². The summed E-state index contributed by atoms with van der Waals surface area (Å²) in [6.45, 7) is 3.48. The van der Waals surface area contributed by atoms with Gasteiger partial charge in [0.05, 0.1) is 5.69 Å². The van der Waals surface area contributed by atoms with Gasteiger partial charge in [-0.15, -0.1) is 0 Å². The minimum atomic E-state index is -0.164. The average Bonchev–Trinajstić information content (AvgIpc) is 3.25. The Balaban J connectivity index is 1.24. The molecule has 1 amide bonds. The van der Waals surface area contributed by atoms with E-state index in [-0.39, 0.29) is 17.6 Å². The molecule has 6 nitrogen and oxygen atoms in total. The number of aryl methyl sites for hydroxylation is 2. The van der Waals surface area contributed by atoms with Crippen LogP contribution in [0.3, 0.4) is 0 Å². The molecular formula is C21H28IN3O3. The Morgan fingerprint density at radius 3 is 2.57 bits per heavy atom. The molecule has 2 heterocycles. The normalized spacial score (nSPS) is 38.8. The zero-order chi connectivity index (χ0) is 19.6. The van der Waals surface area contributed by atoms with Crippen molar-refractivity contribution in [1.29, 1.82) is 0 Å². The number of hydrogen-bond acceptors (Lipinski definition) is 4.